The Hall–Kier alpha value is -1.36. The van der Waals surface area contributed by atoms with Gasteiger partial charge in [-0.3, -0.25) is 0 Å². The molecule has 1 aromatic rings. The van der Waals surface area contributed by atoms with Crippen molar-refractivity contribution in [2.75, 3.05) is 17.2 Å². The lowest BCUT2D eigenvalue weighted by molar-refractivity contribution is 0.179. The van der Waals surface area contributed by atoms with Crippen LogP contribution in [-0.2, 0) is 0 Å². The average Bonchev–Trinajstić information content (AvgIpc) is 3.23. The molecular formula is C16H28N4O. The number of aliphatic hydroxyl groups excluding tert-OH is 1. The van der Waals surface area contributed by atoms with Gasteiger partial charge in [-0.25, -0.2) is 9.97 Å². The summed E-state index contributed by atoms with van der Waals surface area (Å²) in [6.45, 7) is 9.00. The van der Waals surface area contributed by atoms with Crippen LogP contribution in [0.2, 0.25) is 0 Å². The van der Waals surface area contributed by atoms with Gasteiger partial charge in [-0.15, -0.1) is 0 Å². The van der Waals surface area contributed by atoms with Crippen LogP contribution in [0, 0.1) is 6.92 Å². The van der Waals surface area contributed by atoms with E-state index in [9.17, 15) is 5.11 Å². The quantitative estimate of drug-likeness (QED) is 0.687. The first-order chi connectivity index (χ1) is 10.0. The second-order valence-electron chi connectivity index (χ2n) is 6.24. The molecule has 0 aliphatic heterocycles. The molecule has 0 spiro atoms. The molecule has 0 saturated heterocycles. The van der Waals surface area contributed by atoms with E-state index in [1.54, 1.807) is 0 Å². The number of hydrogen-bond donors (Lipinski definition) is 3. The van der Waals surface area contributed by atoms with Gasteiger partial charge < -0.3 is 15.7 Å². The monoisotopic (exact) mass is 292 g/mol. The van der Waals surface area contributed by atoms with E-state index in [4.69, 9.17) is 4.98 Å². The maximum absolute atomic E-state index is 9.51. The summed E-state index contributed by atoms with van der Waals surface area (Å²) in [5, 5.41) is 16.3. The number of nitrogens with one attached hydrogen (secondary N) is 2. The first-order valence-electron chi connectivity index (χ1n) is 8.08. The highest BCUT2D eigenvalue weighted by atomic mass is 16.3. The van der Waals surface area contributed by atoms with Crippen LogP contribution in [0.1, 0.15) is 63.8 Å². The number of aromatic nitrogens is 2. The number of anilines is 2. The summed E-state index contributed by atoms with van der Waals surface area (Å²) in [6.07, 6.45) is 3.86. The second-order valence-corrected chi connectivity index (χ2v) is 6.24. The minimum Gasteiger partial charge on any atom is -0.393 e. The van der Waals surface area contributed by atoms with Crippen LogP contribution in [-0.4, -0.2) is 33.8 Å². The highest BCUT2D eigenvalue weighted by Gasteiger charge is 2.28. The number of aliphatic hydroxyl groups is 1. The molecule has 118 valence electrons. The molecule has 0 aromatic carbocycles. The maximum Gasteiger partial charge on any atom is 0.136 e. The third kappa shape index (κ3) is 4.56. The molecule has 2 rings (SSSR count). The lowest BCUT2D eigenvalue weighted by Gasteiger charge is -2.20. The molecule has 3 N–H and O–H groups in total. The molecule has 1 aliphatic carbocycles. The SMILES string of the molecule is CCCNc1nc(C2CC2)nc(NC(C)CC(C)O)c1C. The van der Waals surface area contributed by atoms with Crippen molar-refractivity contribution in [1.29, 1.82) is 0 Å². The third-order valence-electron chi connectivity index (χ3n) is 3.73. The molecule has 1 fully saturated rings. The van der Waals surface area contributed by atoms with Gasteiger partial charge in [0, 0.05) is 24.1 Å². The van der Waals surface area contributed by atoms with Gasteiger partial charge in [-0.05, 0) is 46.5 Å². The van der Waals surface area contributed by atoms with Crippen molar-refractivity contribution in [3.8, 4) is 0 Å². The molecule has 5 heteroatoms. The highest BCUT2D eigenvalue weighted by molar-refractivity contribution is 5.58. The van der Waals surface area contributed by atoms with Crippen LogP contribution in [0.15, 0.2) is 0 Å². The van der Waals surface area contributed by atoms with E-state index in [0.717, 1.165) is 36.0 Å². The fourth-order valence-corrected chi connectivity index (χ4v) is 2.42. The highest BCUT2D eigenvalue weighted by Crippen LogP contribution is 2.39. The Morgan fingerprint density at radius 2 is 1.90 bits per heavy atom. The zero-order valence-electron chi connectivity index (χ0n) is 13.6. The predicted molar refractivity (Wildman–Crippen MR) is 86.9 cm³/mol. The summed E-state index contributed by atoms with van der Waals surface area (Å²) >= 11 is 0. The van der Waals surface area contributed by atoms with Crippen molar-refractivity contribution in [2.45, 2.75) is 71.4 Å². The third-order valence-corrected chi connectivity index (χ3v) is 3.73. The van der Waals surface area contributed by atoms with Crippen LogP contribution in [0.4, 0.5) is 11.6 Å². The van der Waals surface area contributed by atoms with Gasteiger partial charge in [0.1, 0.15) is 17.5 Å². The molecule has 0 amide bonds. The Bertz CT molecular complexity index is 472. The van der Waals surface area contributed by atoms with Crippen LogP contribution in [0.25, 0.3) is 0 Å². The van der Waals surface area contributed by atoms with Gasteiger partial charge in [-0.1, -0.05) is 6.92 Å². The van der Waals surface area contributed by atoms with Crippen LogP contribution >= 0.6 is 0 Å². The Balaban J connectivity index is 2.19. The lowest BCUT2D eigenvalue weighted by Crippen LogP contribution is -2.22. The van der Waals surface area contributed by atoms with E-state index < -0.39 is 0 Å². The van der Waals surface area contributed by atoms with Gasteiger partial charge in [0.2, 0.25) is 0 Å². The van der Waals surface area contributed by atoms with Crippen molar-refractivity contribution in [1.82, 2.24) is 9.97 Å². The smallest absolute Gasteiger partial charge is 0.136 e. The standard InChI is InChI=1S/C16H28N4O/c1-5-8-17-14-12(4)15(18-10(2)9-11(3)21)20-16(19-14)13-6-7-13/h10-11,13,21H,5-9H2,1-4H3,(H2,17,18,19,20). The van der Waals surface area contributed by atoms with Crippen molar-refractivity contribution < 1.29 is 5.11 Å². The van der Waals surface area contributed by atoms with E-state index in [-0.39, 0.29) is 12.1 Å². The minimum atomic E-state index is -0.310. The van der Waals surface area contributed by atoms with Gasteiger partial charge in [-0.2, -0.15) is 0 Å². The Kier molecular flexibility index (Phi) is 5.39. The Labute approximate surface area is 127 Å². The first-order valence-corrected chi connectivity index (χ1v) is 8.08. The normalized spacial score (nSPS) is 17.4. The van der Waals surface area contributed by atoms with Crippen LogP contribution < -0.4 is 10.6 Å². The fourth-order valence-electron chi connectivity index (χ4n) is 2.42. The fraction of sp³-hybridized carbons (Fsp3) is 0.750. The summed E-state index contributed by atoms with van der Waals surface area (Å²) < 4.78 is 0. The molecule has 2 unspecified atom stereocenters. The van der Waals surface area contributed by atoms with Gasteiger partial charge >= 0.3 is 0 Å². The molecule has 5 nitrogen and oxygen atoms in total. The lowest BCUT2D eigenvalue weighted by atomic mass is 10.1. The summed E-state index contributed by atoms with van der Waals surface area (Å²) in [5.74, 6) is 3.32. The van der Waals surface area contributed by atoms with Crippen LogP contribution in [0.3, 0.4) is 0 Å². The Morgan fingerprint density at radius 3 is 2.48 bits per heavy atom. The average molecular weight is 292 g/mol. The summed E-state index contributed by atoms with van der Waals surface area (Å²) in [5.41, 5.74) is 1.06. The van der Waals surface area contributed by atoms with Crippen LogP contribution in [0.5, 0.6) is 0 Å². The maximum atomic E-state index is 9.51. The largest absolute Gasteiger partial charge is 0.393 e. The van der Waals surface area contributed by atoms with Gasteiger partial charge in [0.25, 0.3) is 0 Å². The minimum absolute atomic E-state index is 0.185. The molecule has 0 radical (unpaired) electrons. The molecule has 1 heterocycles. The van der Waals surface area contributed by atoms with E-state index in [1.165, 1.54) is 12.8 Å². The summed E-state index contributed by atoms with van der Waals surface area (Å²) in [6, 6.07) is 0.185. The second kappa shape index (κ2) is 7.07. The van der Waals surface area contributed by atoms with Crippen molar-refractivity contribution in [3.63, 3.8) is 0 Å². The van der Waals surface area contributed by atoms with E-state index in [1.807, 2.05) is 13.8 Å². The predicted octanol–water partition coefficient (Wildman–Crippen LogP) is 3.06. The molecular weight excluding hydrogens is 264 g/mol. The molecule has 1 aliphatic rings. The number of hydrogen-bond acceptors (Lipinski definition) is 5. The van der Waals surface area contributed by atoms with Gasteiger partial charge in [0.15, 0.2) is 0 Å². The number of rotatable bonds is 8. The Morgan fingerprint density at radius 1 is 1.24 bits per heavy atom. The summed E-state index contributed by atoms with van der Waals surface area (Å²) in [4.78, 5) is 9.40. The van der Waals surface area contributed by atoms with E-state index in [2.05, 4.69) is 29.5 Å². The molecule has 2 atom stereocenters. The zero-order chi connectivity index (χ0) is 15.4. The zero-order valence-corrected chi connectivity index (χ0v) is 13.6. The summed E-state index contributed by atoms with van der Waals surface area (Å²) in [7, 11) is 0. The van der Waals surface area contributed by atoms with Gasteiger partial charge in [0.05, 0.1) is 6.10 Å². The first kappa shape index (κ1) is 16.0. The molecule has 21 heavy (non-hydrogen) atoms. The van der Waals surface area contributed by atoms with Crippen molar-refractivity contribution in [3.05, 3.63) is 11.4 Å². The molecule has 0 bridgehead atoms. The van der Waals surface area contributed by atoms with E-state index >= 15 is 0 Å². The van der Waals surface area contributed by atoms with Crippen molar-refractivity contribution >= 4 is 11.6 Å². The molecule has 1 aromatic heterocycles. The number of nitrogens with zero attached hydrogens (tertiary/aromatic N) is 2. The molecule has 1 saturated carbocycles. The van der Waals surface area contributed by atoms with E-state index in [0.29, 0.717) is 12.3 Å². The van der Waals surface area contributed by atoms with Crippen molar-refractivity contribution in [2.24, 2.45) is 0 Å². The topological polar surface area (TPSA) is 70.1 Å².